The fraction of sp³-hybridized carbons (Fsp3) is 0.583. The van der Waals surface area contributed by atoms with Crippen molar-refractivity contribution in [2.75, 3.05) is 25.9 Å². The summed E-state index contributed by atoms with van der Waals surface area (Å²) in [5, 5.41) is 5.51. The number of anilines is 1. The van der Waals surface area contributed by atoms with Crippen LogP contribution in [-0.2, 0) is 0 Å². The zero-order valence-corrected chi connectivity index (χ0v) is 10.8. The molecule has 1 aliphatic heterocycles. The number of rotatable bonds is 1. The summed E-state index contributed by atoms with van der Waals surface area (Å²) in [4.78, 5) is 10.7. The molecular weight excluding hydrogens is 228 g/mol. The number of nitrogen functional groups attached to an aromatic ring is 1. The summed E-state index contributed by atoms with van der Waals surface area (Å²) in [6.07, 6.45) is 3.86. The average molecular weight is 246 g/mol. The van der Waals surface area contributed by atoms with Gasteiger partial charge in [-0.1, -0.05) is 0 Å². The van der Waals surface area contributed by atoms with Crippen molar-refractivity contribution in [2.24, 2.45) is 0 Å². The number of likely N-dealkylation sites (N-methyl/N-ethyl adjacent to an activating group) is 1. The normalized spacial score (nSPS) is 21.6. The second kappa shape index (κ2) is 4.20. The Hall–Kier alpha value is -1.69. The Kier molecular flexibility index (Phi) is 2.66. The predicted octanol–water partition coefficient (Wildman–Crippen LogP) is 0.984. The predicted molar refractivity (Wildman–Crippen MR) is 70.2 cm³/mol. The minimum Gasteiger partial charge on any atom is -0.383 e. The van der Waals surface area contributed by atoms with Gasteiger partial charge in [0, 0.05) is 6.54 Å². The maximum Gasteiger partial charge on any atom is 0.163 e. The molecule has 2 aromatic rings. The van der Waals surface area contributed by atoms with Gasteiger partial charge in [0.1, 0.15) is 12.1 Å². The molecule has 2 N–H and O–H groups in total. The van der Waals surface area contributed by atoms with Crippen molar-refractivity contribution in [1.82, 2.24) is 24.6 Å². The maximum absolute atomic E-state index is 5.91. The van der Waals surface area contributed by atoms with Crippen LogP contribution in [0.5, 0.6) is 0 Å². The third kappa shape index (κ3) is 1.73. The van der Waals surface area contributed by atoms with E-state index in [9.17, 15) is 0 Å². The van der Waals surface area contributed by atoms with Crippen molar-refractivity contribution in [3.05, 3.63) is 12.0 Å². The third-order valence-corrected chi connectivity index (χ3v) is 3.64. The largest absolute Gasteiger partial charge is 0.383 e. The number of hydrogen-bond donors (Lipinski definition) is 1. The first-order valence-electron chi connectivity index (χ1n) is 6.30. The number of aromatic nitrogens is 4. The van der Waals surface area contributed by atoms with Crippen LogP contribution in [-0.4, -0.2) is 44.8 Å². The molecule has 18 heavy (non-hydrogen) atoms. The SMILES string of the molecule is Cc1nn([C@@H]2CCCN(C)C2)c2ncnc(N)c12. The molecule has 0 unspecified atom stereocenters. The summed E-state index contributed by atoms with van der Waals surface area (Å²) < 4.78 is 2.03. The van der Waals surface area contributed by atoms with Gasteiger partial charge in [0.15, 0.2) is 5.65 Å². The standard InChI is InChI=1S/C12H18N6/c1-8-10-11(13)14-7-15-12(10)18(16-8)9-4-3-5-17(2)6-9/h7,9H,3-6H2,1-2H3,(H2,13,14,15)/t9-/m1/s1. The molecular formula is C12H18N6. The topological polar surface area (TPSA) is 72.9 Å². The molecule has 0 saturated carbocycles. The molecule has 2 aromatic heterocycles. The lowest BCUT2D eigenvalue weighted by Gasteiger charge is -2.29. The number of nitrogens with two attached hydrogens (primary N) is 1. The number of hydrogen-bond acceptors (Lipinski definition) is 5. The third-order valence-electron chi connectivity index (χ3n) is 3.64. The smallest absolute Gasteiger partial charge is 0.163 e. The van der Waals surface area contributed by atoms with Crippen LogP contribution in [0, 0.1) is 6.92 Å². The van der Waals surface area contributed by atoms with Gasteiger partial charge in [-0.05, 0) is 33.4 Å². The first-order chi connectivity index (χ1) is 8.66. The van der Waals surface area contributed by atoms with Gasteiger partial charge in [0.05, 0.1) is 17.1 Å². The Labute approximate surface area is 106 Å². The molecule has 1 atom stereocenters. The summed E-state index contributed by atoms with van der Waals surface area (Å²) in [6, 6.07) is 0.384. The Morgan fingerprint density at radius 2 is 2.22 bits per heavy atom. The number of likely N-dealkylation sites (tertiary alicyclic amines) is 1. The van der Waals surface area contributed by atoms with Crippen molar-refractivity contribution in [2.45, 2.75) is 25.8 Å². The summed E-state index contributed by atoms with van der Waals surface area (Å²) in [7, 11) is 2.15. The van der Waals surface area contributed by atoms with Crippen LogP contribution < -0.4 is 5.73 Å². The molecule has 0 amide bonds. The number of aryl methyl sites for hydroxylation is 1. The van der Waals surface area contributed by atoms with Gasteiger partial charge in [-0.2, -0.15) is 5.10 Å². The van der Waals surface area contributed by atoms with Gasteiger partial charge in [-0.15, -0.1) is 0 Å². The minimum atomic E-state index is 0.384. The Bertz CT molecular complexity index is 575. The molecule has 96 valence electrons. The van der Waals surface area contributed by atoms with E-state index in [-0.39, 0.29) is 0 Å². The van der Waals surface area contributed by atoms with E-state index in [0.29, 0.717) is 11.9 Å². The Morgan fingerprint density at radius 3 is 3.00 bits per heavy atom. The highest BCUT2D eigenvalue weighted by atomic mass is 15.3. The maximum atomic E-state index is 5.91. The average Bonchev–Trinajstić information content (AvgIpc) is 2.68. The second-order valence-corrected chi connectivity index (χ2v) is 5.05. The monoisotopic (exact) mass is 246 g/mol. The number of nitrogens with zero attached hydrogens (tertiary/aromatic N) is 5. The fourth-order valence-electron chi connectivity index (χ4n) is 2.76. The summed E-state index contributed by atoms with van der Waals surface area (Å²) in [5.74, 6) is 0.521. The zero-order valence-electron chi connectivity index (χ0n) is 10.8. The highest BCUT2D eigenvalue weighted by molar-refractivity contribution is 5.87. The van der Waals surface area contributed by atoms with Crippen LogP contribution >= 0.6 is 0 Å². The van der Waals surface area contributed by atoms with Gasteiger partial charge in [0.25, 0.3) is 0 Å². The quantitative estimate of drug-likeness (QED) is 0.812. The van der Waals surface area contributed by atoms with Crippen molar-refractivity contribution < 1.29 is 0 Å². The molecule has 0 aliphatic carbocycles. The Morgan fingerprint density at radius 1 is 1.39 bits per heavy atom. The van der Waals surface area contributed by atoms with Gasteiger partial charge >= 0.3 is 0 Å². The molecule has 1 fully saturated rings. The highest BCUT2D eigenvalue weighted by Crippen LogP contribution is 2.27. The molecule has 6 nitrogen and oxygen atoms in total. The van der Waals surface area contributed by atoms with Crippen molar-refractivity contribution >= 4 is 16.9 Å². The first kappa shape index (κ1) is 11.4. The lowest BCUT2D eigenvalue weighted by atomic mass is 10.1. The molecule has 3 rings (SSSR count). The van der Waals surface area contributed by atoms with E-state index in [1.54, 1.807) is 0 Å². The second-order valence-electron chi connectivity index (χ2n) is 5.05. The zero-order chi connectivity index (χ0) is 12.7. The van der Waals surface area contributed by atoms with Crippen LogP contribution in [0.1, 0.15) is 24.6 Å². The van der Waals surface area contributed by atoms with Crippen molar-refractivity contribution in [3.63, 3.8) is 0 Å². The van der Waals surface area contributed by atoms with Gasteiger partial charge in [0.2, 0.25) is 0 Å². The lowest BCUT2D eigenvalue weighted by molar-refractivity contribution is 0.205. The van der Waals surface area contributed by atoms with E-state index in [1.165, 1.54) is 12.7 Å². The van der Waals surface area contributed by atoms with E-state index in [0.717, 1.165) is 36.2 Å². The molecule has 3 heterocycles. The molecule has 1 saturated heterocycles. The van der Waals surface area contributed by atoms with Crippen LogP contribution in [0.25, 0.3) is 11.0 Å². The van der Waals surface area contributed by atoms with Crippen LogP contribution in [0.2, 0.25) is 0 Å². The van der Waals surface area contributed by atoms with Gasteiger partial charge < -0.3 is 10.6 Å². The van der Waals surface area contributed by atoms with Crippen molar-refractivity contribution in [1.29, 1.82) is 0 Å². The summed E-state index contributed by atoms with van der Waals surface area (Å²) in [6.45, 7) is 4.14. The van der Waals surface area contributed by atoms with Crippen LogP contribution in [0.4, 0.5) is 5.82 Å². The lowest BCUT2D eigenvalue weighted by Crippen LogP contribution is -2.34. The highest BCUT2D eigenvalue weighted by Gasteiger charge is 2.23. The Balaban J connectivity index is 2.09. The van der Waals surface area contributed by atoms with E-state index >= 15 is 0 Å². The van der Waals surface area contributed by atoms with E-state index in [1.807, 2.05) is 11.6 Å². The van der Waals surface area contributed by atoms with Gasteiger partial charge in [-0.3, -0.25) is 0 Å². The molecule has 0 radical (unpaired) electrons. The van der Waals surface area contributed by atoms with Crippen LogP contribution in [0.3, 0.4) is 0 Å². The molecule has 0 aromatic carbocycles. The van der Waals surface area contributed by atoms with E-state index in [4.69, 9.17) is 5.73 Å². The fourth-order valence-corrected chi connectivity index (χ4v) is 2.76. The summed E-state index contributed by atoms with van der Waals surface area (Å²) in [5.41, 5.74) is 7.69. The molecule has 0 bridgehead atoms. The van der Waals surface area contributed by atoms with E-state index < -0.39 is 0 Å². The van der Waals surface area contributed by atoms with Crippen molar-refractivity contribution in [3.8, 4) is 0 Å². The van der Waals surface area contributed by atoms with Crippen LogP contribution in [0.15, 0.2) is 6.33 Å². The number of fused-ring (bicyclic) bond motifs is 1. The molecule has 6 heteroatoms. The first-order valence-corrected chi connectivity index (χ1v) is 6.30. The van der Waals surface area contributed by atoms with E-state index in [2.05, 4.69) is 27.0 Å². The molecule has 1 aliphatic rings. The number of piperidine rings is 1. The molecule has 0 spiro atoms. The summed E-state index contributed by atoms with van der Waals surface area (Å²) >= 11 is 0. The van der Waals surface area contributed by atoms with Gasteiger partial charge in [-0.25, -0.2) is 14.6 Å². The minimum absolute atomic E-state index is 0.384.